The normalized spacial score (nSPS) is 17.2. The van der Waals surface area contributed by atoms with Gasteiger partial charge in [-0.1, -0.05) is 6.07 Å². The monoisotopic (exact) mass is 434 g/mol. The fraction of sp³-hybridized carbons (Fsp3) is 0.391. The van der Waals surface area contributed by atoms with E-state index in [0.29, 0.717) is 24.3 Å². The van der Waals surface area contributed by atoms with Gasteiger partial charge in [-0.2, -0.15) is 5.10 Å². The number of piperidine rings is 1. The summed E-state index contributed by atoms with van der Waals surface area (Å²) in [6, 6.07) is 9.45. The highest BCUT2D eigenvalue weighted by Gasteiger charge is 2.30. The number of H-pyrrole nitrogens is 1. The van der Waals surface area contributed by atoms with E-state index in [0.717, 1.165) is 29.6 Å². The van der Waals surface area contributed by atoms with Crippen molar-refractivity contribution >= 4 is 22.8 Å². The van der Waals surface area contributed by atoms with Crippen LogP contribution in [-0.4, -0.2) is 53.8 Å². The summed E-state index contributed by atoms with van der Waals surface area (Å²) in [6.07, 6.45) is 4.89. The van der Waals surface area contributed by atoms with Gasteiger partial charge in [-0.25, -0.2) is 19.1 Å². The van der Waals surface area contributed by atoms with Crippen molar-refractivity contribution in [3.63, 3.8) is 0 Å². The van der Waals surface area contributed by atoms with Crippen molar-refractivity contribution in [2.24, 2.45) is 0 Å². The van der Waals surface area contributed by atoms with E-state index in [-0.39, 0.29) is 17.8 Å². The molecule has 0 radical (unpaired) electrons. The molecule has 1 saturated heterocycles. The summed E-state index contributed by atoms with van der Waals surface area (Å²) in [5, 5.41) is 4.39. The molecule has 9 nitrogen and oxygen atoms in total. The first kappa shape index (κ1) is 20.3. The lowest BCUT2D eigenvalue weighted by molar-refractivity contribution is 0.0172. The number of amides is 1. The standard InChI is InChI=1S/C23H26N6O3/c1-23(2,3)32-22(31)27-11-6-7-15(14-27)29-20-18(26-21(29)30)10-9-17(25-20)16-13-24-28-12-5-4-8-19(16)28/h4-5,8-10,12-13,15H,6-7,11,14H2,1-3H3,(H,26,30)/t15-/m1/s1. The molecule has 0 bridgehead atoms. The average Bonchev–Trinajstić information content (AvgIpc) is 3.32. The second-order valence-corrected chi connectivity index (χ2v) is 9.18. The first-order valence-electron chi connectivity index (χ1n) is 10.8. The number of carbonyl (C=O) groups excluding carboxylic acids is 1. The van der Waals surface area contributed by atoms with E-state index in [1.54, 1.807) is 20.2 Å². The van der Waals surface area contributed by atoms with Crippen LogP contribution in [0.4, 0.5) is 4.79 Å². The summed E-state index contributed by atoms with van der Waals surface area (Å²) in [5.74, 6) is 0. The van der Waals surface area contributed by atoms with Crippen LogP contribution in [0.2, 0.25) is 0 Å². The van der Waals surface area contributed by atoms with Crippen LogP contribution in [0.25, 0.3) is 27.9 Å². The Kier molecular flexibility index (Phi) is 4.76. The van der Waals surface area contributed by atoms with Crippen LogP contribution in [0, 0.1) is 0 Å². The van der Waals surface area contributed by atoms with Crippen molar-refractivity contribution in [2.75, 3.05) is 13.1 Å². The average molecular weight is 435 g/mol. The first-order chi connectivity index (χ1) is 15.3. The van der Waals surface area contributed by atoms with Crippen molar-refractivity contribution in [1.82, 2.24) is 29.0 Å². The maximum absolute atomic E-state index is 12.9. The lowest BCUT2D eigenvalue weighted by Crippen LogP contribution is -2.44. The molecule has 32 heavy (non-hydrogen) atoms. The van der Waals surface area contributed by atoms with Gasteiger partial charge in [0, 0.05) is 24.8 Å². The van der Waals surface area contributed by atoms with Gasteiger partial charge in [0.2, 0.25) is 0 Å². The quantitative estimate of drug-likeness (QED) is 0.520. The predicted molar refractivity (Wildman–Crippen MR) is 121 cm³/mol. The molecule has 1 fully saturated rings. The number of aromatic amines is 1. The van der Waals surface area contributed by atoms with Gasteiger partial charge in [0.1, 0.15) is 5.60 Å². The Morgan fingerprint density at radius 3 is 2.88 bits per heavy atom. The largest absolute Gasteiger partial charge is 0.444 e. The molecule has 4 aromatic heterocycles. The number of rotatable bonds is 2. The number of nitrogens with one attached hydrogen (secondary N) is 1. The van der Waals surface area contributed by atoms with E-state index in [9.17, 15) is 9.59 Å². The zero-order valence-corrected chi connectivity index (χ0v) is 18.4. The summed E-state index contributed by atoms with van der Waals surface area (Å²) in [6.45, 7) is 6.57. The molecule has 1 amide bonds. The van der Waals surface area contributed by atoms with Crippen LogP contribution in [0.15, 0.2) is 47.5 Å². The summed E-state index contributed by atoms with van der Waals surface area (Å²) in [7, 11) is 0. The van der Waals surface area contributed by atoms with Crippen molar-refractivity contribution in [3.05, 3.63) is 53.2 Å². The number of aromatic nitrogens is 5. The maximum Gasteiger partial charge on any atom is 0.410 e. The Bertz CT molecular complexity index is 1360. The highest BCUT2D eigenvalue weighted by atomic mass is 16.6. The zero-order chi connectivity index (χ0) is 22.5. The number of pyridine rings is 2. The highest BCUT2D eigenvalue weighted by molar-refractivity contribution is 5.82. The van der Waals surface area contributed by atoms with E-state index in [4.69, 9.17) is 9.72 Å². The molecule has 4 aromatic rings. The zero-order valence-electron chi connectivity index (χ0n) is 18.4. The smallest absolute Gasteiger partial charge is 0.410 e. The SMILES string of the molecule is CC(C)(C)OC(=O)N1CCC[C@@H](n2c(=O)[nH]c3ccc(-c4cnn5ccccc45)nc32)C1. The van der Waals surface area contributed by atoms with Crippen LogP contribution in [0.1, 0.15) is 39.7 Å². The molecule has 1 N–H and O–H groups in total. The molecule has 0 saturated carbocycles. The number of ether oxygens (including phenoxy) is 1. The topological polar surface area (TPSA) is 97.5 Å². The number of hydrogen-bond donors (Lipinski definition) is 1. The summed E-state index contributed by atoms with van der Waals surface area (Å²) in [4.78, 5) is 34.9. The van der Waals surface area contributed by atoms with Crippen molar-refractivity contribution < 1.29 is 9.53 Å². The molecule has 5 rings (SSSR count). The van der Waals surface area contributed by atoms with Crippen LogP contribution < -0.4 is 5.69 Å². The molecule has 0 aromatic carbocycles. The molecule has 1 aliphatic heterocycles. The molecule has 1 atom stereocenters. The van der Waals surface area contributed by atoms with Gasteiger partial charge in [-0.05, 0) is 57.9 Å². The van der Waals surface area contributed by atoms with Gasteiger partial charge >= 0.3 is 11.8 Å². The van der Waals surface area contributed by atoms with Crippen molar-refractivity contribution in [2.45, 2.75) is 45.3 Å². The van der Waals surface area contributed by atoms with Crippen LogP contribution in [0.3, 0.4) is 0 Å². The van der Waals surface area contributed by atoms with Gasteiger partial charge in [0.15, 0.2) is 5.65 Å². The van der Waals surface area contributed by atoms with E-state index in [2.05, 4.69) is 10.1 Å². The number of hydrogen-bond acceptors (Lipinski definition) is 5. The Balaban J connectivity index is 1.51. The molecule has 5 heterocycles. The molecule has 9 heteroatoms. The lowest BCUT2D eigenvalue weighted by atomic mass is 10.1. The van der Waals surface area contributed by atoms with Crippen molar-refractivity contribution in [3.8, 4) is 11.3 Å². The molecule has 0 unspecified atom stereocenters. The fourth-order valence-corrected chi connectivity index (χ4v) is 4.28. The molecule has 0 spiro atoms. The summed E-state index contributed by atoms with van der Waals surface area (Å²) < 4.78 is 9.01. The van der Waals surface area contributed by atoms with Crippen LogP contribution in [-0.2, 0) is 4.74 Å². The minimum absolute atomic E-state index is 0.177. The molecule has 1 aliphatic rings. The highest BCUT2D eigenvalue weighted by Crippen LogP contribution is 2.28. The van der Waals surface area contributed by atoms with E-state index < -0.39 is 5.60 Å². The van der Waals surface area contributed by atoms with Gasteiger partial charge in [0.05, 0.1) is 29.0 Å². The Hall–Kier alpha value is -3.62. The maximum atomic E-state index is 12.9. The van der Waals surface area contributed by atoms with E-state index in [1.807, 2.05) is 57.3 Å². The second kappa shape index (κ2) is 7.51. The van der Waals surface area contributed by atoms with Crippen molar-refractivity contribution in [1.29, 1.82) is 0 Å². The Labute approximate surface area is 184 Å². The van der Waals surface area contributed by atoms with E-state index in [1.165, 1.54) is 0 Å². The lowest BCUT2D eigenvalue weighted by Gasteiger charge is -2.34. The third-order valence-corrected chi connectivity index (χ3v) is 5.68. The predicted octanol–water partition coefficient (Wildman–Crippen LogP) is 3.61. The van der Waals surface area contributed by atoms with E-state index >= 15 is 0 Å². The molecule has 166 valence electrons. The minimum atomic E-state index is -0.563. The number of carbonyl (C=O) groups is 1. The third kappa shape index (κ3) is 3.63. The number of nitrogens with zero attached hydrogens (tertiary/aromatic N) is 5. The molecular weight excluding hydrogens is 408 g/mol. The Morgan fingerprint density at radius 2 is 2.06 bits per heavy atom. The second-order valence-electron chi connectivity index (χ2n) is 9.18. The third-order valence-electron chi connectivity index (χ3n) is 5.68. The molecule has 0 aliphatic carbocycles. The number of fused-ring (bicyclic) bond motifs is 2. The van der Waals surface area contributed by atoms with Gasteiger partial charge in [-0.15, -0.1) is 0 Å². The molecular formula is C23H26N6O3. The van der Waals surface area contributed by atoms with Crippen LogP contribution >= 0.6 is 0 Å². The first-order valence-corrected chi connectivity index (χ1v) is 10.8. The fourth-order valence-electron chi connectivity index (χ4n) is 4.28. The minimum Gasteiger partial charge on any atom is -0.444 e. The van der Waals surface area contributed by atoms with Gasteiger partial charge in [0.25, 0.3) is 0 Å². The Morgan fingerprint density at radius 1 is 1.22 bits per heavy atom. The van der Waals surface area contributed by atoms with Crippen LogP contribution in [0.5, 0.6) is 0 Å². The van der Waals surface area contributed by atoms with Gasteiger partial charge < -0.3 is 14.6 Å². The van der Waals surface area contributed by atoms with Gasteiger partial charge in [-0.3, -0.25) is 4.57 Å². The summed E-state index contributed by atoms with van der Waals surface area (Å²) in [5.41, 5.74) is 3.05. The number of imidazole rings is 1. The summed E-state index contributed by atoms with van der Waals surface area (Å²) >= 11 is 0. The number of likely N-dealkylation sites (tertiary alicyclic amines) is 1.